The lowest BCUT2D eigenvalue weighted by Crippen LogP contribution is -1.86. The van der Waals surface area contributed by atoms with Crippen molar-refractivity contribution >= 4 is 5.69 Å². The molecule has 0 aromatic heterocycles. The molecular formula is C18H23NO2. The van der Waals surface area contributed by atoms with Gasteiger partial charge in [0.15, 0.2) is 0 Å². The van der Waals surface area contributed by atoms with E-state index < -0.39 is 0 Å². The van der Waals surface area contributed by atoms with Crippen LogP contribution in [0.1, 0.15) is 12.5 Å². The molecule has 21 heavy (non-hydrogen) atoms. The Balaban J connectivity index is 0.000000219. The molecule has 3 nitrogen and oxygen atoms in total. The molecule has 0 amide bonds. The maximum Gasteiger partial charge on any atom is 0.119 e. The summed E-state index contributed by atoms with van der Waals surface area (Å²) in [6.45, 7) is 5.89. The van der Waals surface area contributed by atoms with Gasteiger partial charge in [-0.1, -0.05) is 24.3 Å². The topological polar surface area (TPSA) is 44.5 Å². The van der Waals surface area contributed by atoms with Crippen LogP contribution in [0.15, 0.2) is 60.7 Å². The van der Waals surface area contributed by atoms with E-state index in [1.54, 1.807) is 26.4 Å². The van der Waals surface area contributed by atoms with Crippen LogP contribution in [0.25, 0.3) is 0 Å². The highest BCUT2D eigenvalue weighted by atomic mass is 16.5. The van der Waals surface area contributed by atoms with Crippen molar-refractivity contribution in [3.05, 3.63) is 66.2 Å². The molecule has 2 aromatic carbocycles. The molecule has 0 unspecified atom stereocenters. The number of anilines is 1. The summed E-state index contributed by atoms with van der Waals surface area (Å²) < 4.78 is 9.97. The second kappa shape index (κ2) is 8.69. The van der Waals surface area contributed by atoms with Crippen LogP contribution in [0.5, 0.6) is 11.5 Å². The number of ether oxygens (including phenoxy) is 2. The first-order valence-electron chi connectivity index (χ1n) is 6.72. The molecule has 0 atom stereocenters. The normalized spacial score (nSPS) is 9.29. The lowest BCUT2D eigenvalue weighted by atomic mass is 10.1. The van der Waals surface area contributed by atoms with E-state index in [-0.39, 0.29) is 0 Å². The Morgan fingerprint density at radius 3 is 1.71 bits per heavy atom. The minimum atomic E-state index is 0.760. The number of allylic oxidation sites excluding steroid dienone is 1. The van der Waals surface area contributed by atoms with E-state index in [0.29, 0.717) is 0 Å². The van der Waals surface area contributed by atoms with E-state index in [4.69, 9.17) is 15.2 Å². The molecule has 0 heterocycles. The van der Waals surface area contributed by atoms with Crippen molar-refractivity contribution in [1.29, 1.82) is 0 Å². The van der Waals surface area contributed by atoms with E-state index >= 15 is 0 Å². The van der Waals surface area contributed by atoms with Crippen molar-refractivity contribution in [1.82, 2.24) is 0 Å². The van der Waals surface area contributed by atoms with Crippen LogP contribution in [-0.4, -0.2) is 14.2 Å². The van der Waals surface area contributed by atoms with Gasteiger partial charge in [0.1, 0.15) is 11.5 Å². The van der Waals surface area contributed by atoms with Gasteiger partial charge in [-0.15, -0.1) is 0 Å². The maximum atomic E-state index is 5.43. The molecule has 2 N–H and O–H groups in total. The van der Waals surface area contributed by atoms with E-state index in [0.717, 1.165) is 23.6 Å². The van der Waals surface area contributed by atoms with Gasteiger partial charge in [0, 0.05) is 5.69 Å². The van der Waals surface area contributed by atoms with E-state index in [2.05, 4.69) is 18.7 Å². The van der Waals surface area contributed by atoms with E-state index in [1.165, 1.54) is 11.1 Å². The highest BCUT2D eigenvalue weighted by Gasteiger charge is 1.93. The van der Waals surface area contributed by atoms with Crippen LogP contribution in [0.4, 0.5) is 5.69 Å². The summed E-state index contributed by atoms with van der Waals surface area (Å²) >= 11 is 0. The minimum Gasteiger partial charge on any atom is -0.497 e. The van der Waals surface area contributed by atoms with Gasteiger partial charge in [-0.3, -0.25) is 0 Å². The zero-order valence-electron chi connectivity index (χ0n) is 12.9. The summed E-state index contributed by atoms with van der Waals surface area (Å²) in [5.41, 5.74) is 8.65. The average Bonchev–Trinajstić information content (AvgIpc) is 2.49. The van der Waals surface area contributed by atoms with Crippen LogP contribution in [0.2, 0.25) is 0 Å². The van der Waals surface area contributed by atoms with Gasteiger partial charge in [0.25, 0.3) is 0 Å². The summed E-state index contributed by atoms with van der Waals surface area (Å²) in [5.74, 6) is 1.74. The zero-order valence-corrected chi connectivity index (χ0v) is 12.9. The zero-order chi connectivity index (χ0) is 15.7. The maximum absolute atomic E-state index is 5.43. The highest BCUT2D eigenvalue weighted by molar-refractivity contribution is 5.41. The number of benzene rings is 2. The Morgan fingerprint density at radius 2 is 1.33 bits per heavy atom. The lowest BCUT2D eigenvalue weighted by Gasteiger charge is -2.02. The molecule has 2 rings (SSSR count). The predicted molar refractivity (Wildman–Crippen MR) is 88.9 cm³/mol. The fourth-order valence-electron chi connectivity index (χ4n) is 1.70. The number of methoxy groups -OCH3 is 2. The van der Waals surface area contributed by atoms with Gasteiger partial charge in [0.2, 0.25) is 0 Å². The molecule has 2 aromatic rings. The third kappa shape index (κ3) is 6.52. The second-order valence-corrected chi connectivity index (χ2v) is 4.76. The smallest absolute Gasteiger partial charge is 0.119 e. The predicted octanol–water partition coefficient (Wildman–Crippen LogP) is 4.09. The molecule has 0 radical (unpaired) electrons. The van der Waals surface area contributed by atoms with Crippen molar-refractivity contribution in [2.24, 2.45) is 0 Å². The molecule has 0 aliphatic heterocycles. The second-order valence-electron chi connectivity index (χ2n) is 4.76. The molecule has 0 saturated heterocycles. The van der Waals surface area contributed by atoms with Crippen LogP contribution < -0.4 is 15.2 Å². The third-order valence-electron chi connectivity index (χ3n) is 2.78. The first-order chi connectivity index (χ1) is 10.0. The van der Waals surface area contributed by atoms with Crippen molar-refractivity contribution in [2.45, 2.75) is 13.3 Å². The summed E-state index contributed by atoms with van der Waals surface area (Å²) in [6, 6.07) is 15.3. The van der Waals surface area contributed by atoms with E-state index in [9.17, 15) is 0 Å². The Morgan fingerprint density at radius 1 is 0.905 bits per heavy atom. The number of nitrogen functional groups attached to an aromatic ring is 1. The van der Waals surface area contributed by atoms with Gasteiger partial charge in [-0.2, -0.15) is 0 Å². The Hall–Kier alpha value is -2.42. The van der Waals surface area contributed by atoms with Crippen molar-refractivity contribution in [3.63, 3.8) is 0 Å². The highest BCUT2D eigenvalue weighted by Crippen LogP contribution is 2.13. The quantitative estimate of drug-likeness (QED) is 0.679. The van der Waals surface area contributed by atoms with Crippen molar-refractivity contribution in [2.75, 3.05) is 20.0 Å². The van der Waals surface area contributed by atoms with Gasteiger partial charge < -0.3 is 15.2 Å². The van der Waals surface area contributed by atoms with Crippen molar-refractivity contribution < 1.29 is 9.47 Å². The van der Waals surface area contributed by atoms with Gasteiger partial charge >= 0.3 is 0 Å². The summed E-state index contributed by atoms with van der Waals surface area (Å²) in [7, 11) is 3.30. The fourth-order valence-corrected chi connectivity index (χ4v) is 1.70. The number of nitrogens with two attached hydrogens (primary N) is 1. The SMILES string of the molecule is C=C(C)Cc1ccc(OC)cc1.COc1ccc(N)cc1. The van der Waals surface area contributed by atoms with Crippen LogP contribution in [0.3, 0.4) is 0 Å². The fraction of sp³-hybridized carbons (Fsp3) is 0.222. The van der Waals surface area contributed by atoms with Crippen LogP contribution >= 0.6 is 0 Å². The lowest BCUT2D eigenvalue weighted by molar-refractivity contribution is 0.414. The van der Waals surface area contributed by atoms with E-state index in [1.807, 2.05) is 31.2 Å². The summed E-state index contributed by atoms with van der Waals surface area (Å²) in [4.78, 5) is 0. The molecule has 0 fully saturated rings. The van der Waals surface area contributed by atoms with Gasteiger partial charge in [0.05, 0.1) is 14.2 Å². The molecule has 0 spiro atoms. The Labute approximate surface area is 127 Å². The molecule has 0 saturated carbocycles. The van der Waals surface area contributed by atoms with Crippen LogP contribution in [-0.2, 0) is 6.42 Å². The van der Waals surface area contributed by atoms with Gasteiger partial charge in [-0.25, -0.2) is 0 Å². The molecule has 3 heteroatoms. The monoisotopic (exact) mass is 285 g/mol. The number of rotatable bonds is 4. The Bertz CT molecular complexity index is 544. The number of hydrogen-bond acceptors (Lipinski definition) is 3. The summed E-state index contributed by atoms with van der Waals surface area (Å²) in [6.07, 6.45) is 0.948. The standard InChI is InChI=1S/C11H14O.C7H9NO/c1-9(2)8-10-4-6-11(12-3)7-5-10;1-9-7-4-2-6(8)3-5-7/h4-7H,1,8H2,2-3H3;2-5H,8H2,1H3. The molecule has 0 aliphatic rings. The molecular weight excluding hydrogens is 262 g/mol. The third-order valence-corrected chi connectivity index (χ3v) is 2.78. The minimum absolute atomic E-state index is 0.760. The Kier molecular flexibility index (Phi) is 6.88. The first kappa shape index (κ1) is 16.6. The molecule has 0 aliphatic carbocycles. The molecule has 112 valence electrons. The molecule has 0 bridgehead atoms. The number of hydrogen-bond donors (Lipinski definition) is 1. The van der Waals surface area contributed by atoms with Crippen molar-refractivity contribution in [3.8, 4) is 11.5 Å². The van der Waals surface area contributed by atoms with Crippen LogP contribution in [0, 0.1) is 0 Å². The average molecular weight is 285 g/mol. The van der Waals surface area contributed by atoms with Gasteiger partial charge in [-0.05, 0) is 55.3 Å². The summed E-state index contributed by atoms with van der Waals surface area (Å²) in [5, 5.41) is 0. The first-order valence-corrected chi connectivity index (χ1v) is 6.72. The largest absolute Gasteiger partial charge is 0.497 e.